The number of aromatic nitrogens is 4. The minimum atomic E-state index is -1.01. The SMILES string of the molecule is COc1ccc(C(=O)O)cc1-n1nnnc1C. The van der Waals surface area contributed by atoms with Gasteiger partial charge in [-0.05, 0) is 35.5 Å². The summed E-state index contributed by atoms with van der Waals surface area (Å²) in [5, 5.41) is 20.0. The lowest BCUT2D eigenvalue weighted by Crippen LogP contribution is -2.05. The molecular formula is C10H10N4O3. The molecule has 7 heteroatoms. The molecule has 88 valence electrons. The fourth-order valence-corrected chi connectivity index (χ4v) is 1.44. The lowest BCUT2D eigenvalue weighted by atomic mass is 10.2. The van der Waals surface area contributed by atoms with Crippen molar-refractivity contribution in [3.63, 3.8) is 0 Å². The number of rotatable bonds is 3. The first-order chi connectivity index (χ1) is 8.13. The maximum Gasteiger partial charge on any atom is 0.335 e. The second-order valence-corrected chi connectivity index (χ2v) is 3.33. The van der Waals surface area contributed by atoms with Crippen LogP contribution in [-0.2, 0) is 0 Å². The summed E-state index contributed by atoms with van der Waals surface area (Å²) in [7, 11) is 1.50. The second kappa shape index (κ2) is 4.20. The smallest absolute Gasteiger partial charge is 0.335 e. The van der Waals surface area contributed by atoms with Crippen molar-refractivity contribution in [3.05, 3.63) is 29.6 Å². The summed E-state index contributed by atoms with van der Waals surface area (Å²) in [5.74, 6) is 0.0378. The molecule has 0 saturated carbocycles. The molecule has 2 aromatic rings. The Labute approximate surface area is 96.6 Å². The van der Waals surface area contributed by atoms with Gasteiger partial charge < -0.3 is 9.84 Å². The molecule has 1 aromatic heterocycles. The Morgan fingerprint density at radius 2 is 2.24 bits per heavy atom. The predicted octanol–water partition coefficient (Wildman–Crippen LogP) is 0.678. The first-order valence-electron chi connectivity index (χ1n) is 4.80. The number of methoxy groups -OCH3 is 1. The Bertz CT molecular complexity index is 564. The summed E-state index contributed by atoms with van der Waals surface area (Å²) in [6.07, 6.45) is 0. The number of aryl methyl sites for hydroxylation is 1. The molecule has 0 radical (unpaired) electrons. The van der Waals surface area contributed by atoms with Crippen LogP contribution in [0.5, 0.6) is 5.75 Å². The summed E-state index contributed by atoms with van der Waals surface area (Å²) in [5.41, 5.74) is 0.644. The van der Waals surface area contributed by atoms with Gasteiger partial charge in [0.05, 0.1) is 12.7 Å². The zero-order valence-corrected chi connectivity index (χ0v) is 9.28. The Balaban J connectivity index is 2.61. The molecule has 0 unspecified atom stereocenters. The number of ether oxygens (including phenoxy) is 1. The Kier molecular flexibility index (Phi) is 2.73. The first-order valence-corrected chi connectivity index (χ1v) is 4.80. The van der Waals surface area contributed by atoms with Gasteiger partial charge in [0.25, 0.3) is 0 Å². The van der Waals surface area contributed by atoms with Crippen molar-refractivity contribution in [2.24, 2.45) is 0 Å². The van der Waals surface area contributed by atoms with E-state index in [0.29, 0.717) is 17.3 Å². The van der Waals surface area contributed by atoms with E-state index in [9.17, 15) is 4.79 Å². The molecule has 1 heterocycles. The van der Waals surface area contributed by atoms with Gasteiger partial charge in [-0.2, -0.15) is 4.68 Å². The van der Waals surface area contributed by atoms with E-state index in [1.165, 1.54) is 23.9 Å². The average molecular weight is 234 g/mol. The van der Waals surface area contributed by atoms with E-state index in [-0.39, 0.29) is 5.56 Å². The number of carbonyl (C=O) groups is 1. The van der Waals surface area contributed by atoms with Crippen LogP contribution in [0.25, 0.3) is 5.69 Å². The van der Waals surface area contributed by atoms with Crippen molar-refractivity contribution in [2.45, 2.75) is 6.92 Å². The molecule has 1 aromatic carbocycles. The van der Waals surface area contributed by atoms with E-state index in [1.54, 1.807) is 13.0 Å². The molecule has 17 heavy (non-hydrogen) atoms. The van der Waals surface area contributed by atoms with Gasteiger partial charge >= 0.3 is 5.97 Å². The molecular weight excluding hydrogens is 224 g/mol. The minimum absolute atomic E-state index is 0.149. The van der Waals surface area contributed by atoms with E-state index in [4.69, 9.17) is 9.84 Å². The molecule has 1 N–H and O–H groups in total. The van der Waals surface area contributed by atoms with Gasteiger partial charge in [-0.3, -0.25) is 0 Å². The van der Waals surface area contributed by atoms with Crippen molar-refractivity contribution in [2.75, 3.05) is 7.11 Å². The zero-order valence-electron chi connectivity index (χ0n) is 9.28. The van der Waals surface area contributed by atoms with Gasteiger partial charge in [-0.25, -0.2) is 4.79 Å². The zero-order chi connectivity index (χ0) is 12.4. The highest BCUT2D eigenvalue weighted by Gasteiger charge is 2.13. The number of tetrazole rings is 1. The summed E-state index contributed by atoms with van der Waals surface area (Å²) in [4.78, 5) is 10.9. The lowest BCUT2D eigenvalue weighted by Gasteiger charge is -2.09. The van der Waals surface area contributed by atoms with E-state index in [0.717, 1.165) is 0 Å². The second-order valence-electron chi connectivity index (χ2n) is 3.33. The van der Waals surface area contributed by atoms with Crippen LogP contribution in [0.3, 0.4) is 0 Å². The largest absolute Gasteiger partial charge is 0.494 e. The monoisotopic (exact) mass is 234 g/mol. The van der Waals surface area contributed by atoms with Crippen LogP contribution >= 0.6 is 0 Å². The molecule has 0 bridgehead atoms. The summed E-state index contributed by atoms with van der Waals surface area (Å²) in [6, 6.07) is 4.49. The number of hydrogen-bond donors (Lipinski definition) is 1. The van der Waals surface area contributed by atoms with Gasteiger partial charge in [0, 0.05) is 0 Å². The third-order valence-electron chi connectivity index (χ3n) is 2.28. The van der Waals surface area contributed by atoms with Crippen LogP contribution in [0, 0.1) is 6.92 Å². The van der Waals surface area contributed by atoms with Crippen molar-refractivity contribution in [1.29, 1.82) is 0 Å². The van der Waals surface area contributed by atoms with Crippen LogP contribution in [0.4, 0.5) is 0 Å². The van der Waals surface area contributed by atoms with Gasteiger partial charge in [0.15, 0.2) is 5.82 Å². The molecule has 0 saturated heterocycles. The minimum Gasteiger partial charge on any atom is -0.494 e. The molecule has 0 amide bonds. The van der Waals surface area contributed by atoms with Crippen LogP contribution in [0.1, 0.15) is 16.2 Å². The average Bonchev–Trinajstić information content (AvgIpc) is 2.74. The van der Waals surface area contributed by atoms with E-state index >= 15 is 0 Å². The first kappa shape index (κ1) is 11.1. The highest BCUT2D eigenvalue weighted by molar-refractivity contribution is 5.88. The summed E-state index contributed by atoms with van der Waals surface area (Å²) in [6.45, 7) is 1.72. The molecule has 0 aliphatic heterocycles. The van der Waals surface area contributed by atoms with E-state index < -0.39 is 5.97 Å². The number of aromatic carboxylic acids is 1. The molecule has 0 fully saturated rings. The normalized spacial score (nSPS) is 10.2. The Morgan fingerprint density at radius 1 is 1.47 bits per heavy atom. The number of carboxylic acid groups (broad SMARTS) is 1. The van der Waals surface area contributed by atoms with Crippen molar-refractivity contribution in [3.8, 4) is 11.4 Å². The van der Waals surface area contributed by atoms with E-state index in [1.807, 2.05) is 0 Å². The van der Waals surface area contributed by atoms with Gasteiger partial charge in [-0.15, -0.1) is 5.10 Å². The number of carboxylic acids is 1. The third-order valence-corrected chi connectivity index (χ3v) is 2.28. The summed E-state index contributed by atoms with van der Waals surface area (Å²) < 4.78 is 6.57. The Hall–Kier alpha value is -2.44. The lowest BCUT2D eigenvalue weighted by molar-refractivity contribution is 0.0697. The van der Waals surface area contributed by atoms with Crippen molar-refractivity contribution in [1.82, 2.24) is 20.2 Å². The van der Waals surface area contributed by atoms with Gasteiger partial charge in [0.1, 0.15) is 11.4 Å². The highest BCUT2D eigenvalue weighted by Crippen LogP contribution is 2.23. The quantitative estimate of drug-likeness (QED) is 0.839. The maximum atomic E-state index is 10.9. The number of benzene rings is 1. The van der Waals surface area contributed by atoms with Gasteiger partial charge in [-0.1, -0.05) is 0 Å². The molecule has 7 nitrogen and oxygen atoms in total. The summed E-state index contributed by atoms with van der Waals surface area (Å²) >= 11 is 0. The highest BCUT2D eigenvalue weighted by atomic mass is 16.5. The van der Waals surface area contributed by atoms with E-state index in [2.05, 4.69) is 15.5 Å². The molecule has 0 atom stereocenters. The third kappa shape index (κ3) is 1.94. The molecule has 2 rings (SSSR count). The van der Waals surface area contributed by atoms with Crippen molar-refractivity contribution >= 4 is 5.97 Å². The molecule has 0 spiro atoms. The molecule has 0 aliphatic carbocycles. The van der Waals surface area contributed by atoms with Crippen LogP contribution in [0.2, 0.25) is 0 Å². The number of hydrogen-bond acceptors (Lipinski definition) is 5. The standard InChI is InChI=1S/C10H10N4O3/c1-6-11-12-13-14(6)8-5-7(10(15)16)3-4-9(8)17-2/h3-5H,1-2H3,(H,15,16). The van der Waals surface area contributed by atoms with Crippen LogP contribution < -0.4 is 4.74 Å². The van der Waals surface area contributed by atoms with Crippen LogP contribution in [-0.4, -0.2) is 38.4 Å². The van der Waals surface area contributed by atoms with Gasteiger partial charge in [0.2, 0.25) is 0 Å². The van der Waals surface area contributed by atoms with Crippen LogP contribution in [0.15, 0.2) is 18.2 Å². The number of nitrogens with zero attached hydrogens (tertiary/aromatic N) is 4. The topological polar surface area (TPSA) is 90.1 Å². The fourth-order valence-electron chi connectivity index (χ4n) is 1.44. The Morgan fingerprint density at radius 3 is 2.76 bits per heavy atom. The fraction of sp³-hybridized carbons (Fsp3) is 0.200. The maximum absolute atomic E-state index is 10.9. The van der Waals surface area contributed by atoms with Crippen molar-refractivity contribution < 1.29 is 14.6 Å². The predicted molar refractivity (Wildman–Crippen MR) is 57.4 cm³/mol. The molecule has 0 aliphatic rings.